The molecule has 1 aromatic carbocycles. The Kier molecular flexibility index (Phi) is 4.52. The molecule has 3 aromatic heterocycles. The van der Waals surface area contributed by atoms with E-state index in [0.717, 1.165) is 27.7 Å². The summed E-state index contributed by atoms with van der Waals surface area (Å²) in [6.45, 7) is 2.16. The number of aryl methyl sites for hydroxylation is 1. The highest BCUT2D eigenvalue weighted by atomic mass is 16.5. The monoisotopic (exact) mass is 376 g/mol. The molecule has 8 nitrogen and oxygen atoms in total. The van der Waals surface area contributed by atoms with Crippen LogP contribution in [0.25, 0.3) is 33.5 Å². The van der Waals surface area contributed by atoms with Crippen molar-refractivity contribution in [3.05, 3.63) is 48.4 Å². The molecule has 0 atom stereocenters. The lowest BCUT2D eigenvalue weighted by atomic mass is 10.1. The van der Waals surface area contributed by atoms with E-state index in [9.17, 15) is 4.79 Å². The summed E-state index contributed by atoms with van der Waals surface area (Å²) >= 11 is 0. The zero-order valence-electron chi connectivity index (χ0n) is 15.6. The van der Waals surface area contributed by atoms with E-state index in [-0.39, 0.29) is 12.4 Å². The number of hydrogen-bond donors (Lipinski definition) is 2. The normalized spacial score (nSPS) is 11.1. The number of nitrogens with two attached hydrogens (primary N) is 1. The highest BCUT2D eigenvalue weighted by Gasteiger charge is 2.13. The van der Waals surface area contributed by atoms with Gasteiger partial charge in [-0.3, -0.25) is 9.48 Å². The molecule has 4 rings (SSSR count). The smallest absolute Gasteiger partial charge is 0.310 e. The number of fused-ring (bicyclic) bond motifs is 1. The van der Waals surface area contributed by atoms with Gasteiger partial charge in [-0.2, -0.15) is 5.10 Å². The van der Waals surface area contributed by atoms with Gasteiger partial charge in [0.1, 0.15) is 11.6 Å². The molecule has 3 N–H and O–H groups in total. The number of nitrogen functional groups attached to an aromatic ring is 1. The maximum Gasteiger partial charge on any atom is 0.310 e. The quantitative estimate of drug-likeness (QED) is 0.518. The Hall–Kier alpha value is -3.68. The van der Waals surface area contributed by atoms with Crippen LogP contribution in [0.5, 0.6) is 0 Å². The molecule has 0 spiro atoms. The number of hydrogen-bond acceptors (Lipinski definition) is 6. The van der Waals surface area contributed by atoms with E-state index in [1.807, 2.05) is 37.5 Å². The second kappa shape index (κ2) is 7.15. The molecule has 0 amide bonds. The van der Waals surface area contributed by atoms with Crippen molar-refractivity contribution in [1.82, 2.24) is 24.7 Å². The molecular formula is C20H20N6O2. The van der Waals surface area contributed by atoms with Crippen molar-refractivity contribution in [3.63, 3.8) is 0 Å². The summed E-state index contributed by atoms with van der Waals surface area (Å²) in [4.78, 5) is 23.9. The van der Waals surface area contributed by atoms with E-state index in [1.54, 1.807) is 24.0 Å². The number of carbonyl (C=O) groups is 1. The molecule has 0 aliphatic heterocycles. The number of aromatic nitrogens is 5. The van der Waals surface area contributed by atoms with Crippen molar-refractivity contribution in [3.8, 4) is 22.5 Å². The van der Waals surface area contributed by atoms with Gasteiger partial charge in [-0.05, 0) is 30.7 Å². The minimum absolute atomic E-state index is 0.221. The summed E-state index contributed by atoms with van der Waals surface area (Å²) in [5.41, 5.74) is 11.1. The molecule has 0 fully saturated rings. The molecule has 0 aliphatic rings. The van der Waals surface area contributed by atoms with E-state index in [0.29, 0.717) is 23.8 Å². The van der Waals surface area contributed by atoms with Gasteiger partial charge in [-0.25, -0.2) is 9.97 Å². The molecule has 0 saturated heterocycles. The molecule has 0 saturated carbocycles. The first-order valence-corrected chi connectivity index (χ1v) is 8.92. The number of esters is 1. The Bertz CT molecular complexity index is 1160. The van der Waals surface area contributed by atoms with Crippen molar-refractivity contribution in [1.29, 1.82) is 0 Å². The summed E-state index contributed by atoms with van der Waals surface area (Å²) in [7, 11) is 1.86. The number of nitrogens with zero attached hydrogens (tertiary/aromatic N) is 4. The topological polar surface area (TPSA) is 112 Å². The van der Waals surface area contributed by atoms with Gasteiger partial charge in [0, 0.05) is 30.6 Å². The third kappa shape index (κ3) is 3.44. The lowest BCUT2D eigenvalue weighted by Gasteiger charge is -2.04. The van der Waals surface area contributed by atoms with Gasteiger partial charge in [0.15, 0.2) is 0 Å². The van der Waals surface area contributed by atoms with Gasteiger partial charge in [-0.15, -0.1) is 0 Å². The molecule has 28 heavy (non-hydrogen) atoms. The molecule has 0 aliphatic carbocycles. The molecule has 8 heteroatoms. The Morgan fingerprint density at radius 3 is 2.86 bits per heavy atom. The highest BCUT2D eigenvalue weighted by Crippen LogP contribution is 2.29. The fraction of sp³-hybridized carbons (Fsp3) is 0.200. The van der Waals surface area contributed by atoms with Gasteiger partial charge in [0.25, 0.3) is 0 Å². The van der Waals surface area contributed by atoms with Crippen LogP contribution in [0, 0.1) is 0 Å². The lowest BCUT2D eigenvalue weighted by molar-refractivity contribution is -0.142. The maximum absolute atomic E-state index is 11.7. The molecule has 0 unspecified atom stereocenters. The minimum Gasteiger partial charge on any atom is -0.466 e. The van der Waals surface area contributed by atoms with Crippen LogP contribution in [0.1, 0.15) is 12.5 Å². The molecule has 3 heterocycles. The van der Waals surface area contributed by atoms with Crippen molar-refractivity contribution in [2.75, 3.05) is 12.3 Å². The molecular weight excluding hydrogens is 356 g/mol. The molecule has 142 valence electrons. The number of H-pyrrole nitrogens is 1. The third-order valence-corrected chi connectivity index (χ3v) is 4.41. The number of carbonyl (C=O) groups excluding carboxylic acids is 1. The summed E-state index contributed by atoms with van der Waals surface area (Å²) < 4.78 is 6.74. The number of aromatic amines is 1. The minimum atomic E-state index is -0.251. The fourth-order valence-corrected chi connectivity index (χ4v) is 3.07. The first-order valence-electron chi connectivity index (χ1n) is 8.92. The third-order valence-electron chi connectivity index (χ3n) is 4.41. The van der Waals surface area contributed by atoms with Crippen LogP contribution in [-0.4, -0.2) is 37.3 Å². The predicted molar refractivity (Wildman–Crippen MR) is 106 cm³/mol. The average molecular weight is 376 g/mol. The first-order chi connectivity index (χ1) is 13.5. The van der Waals surface area contributed by atoms with Crippen LogP contribution in [0.15, 0.2) is 42.9 Å². The SMILES string of the molecule is CCOC(=O)Cc1ccc2nc(-c3cc(-c4cnn(C)c4)cnc3N)[nH]c2c1. The van der Waals surface area contributed by atoms with E-state index < -0.39 is 0 Å². The van der Waals surface area contributed by atoms with Crippen LogP contribution in [0.4, 0.5) is 5.82 Å². The fourth-order valence-electron chi connectivity index (χ4n) is 3.07. The Morgan fingerprint density at radius 1 is 1.25 bits per heavy atom. The van der Waals surface area contributed by atoms with Crippen LogP contribution in [-0.2, 0) is 23.0 Å². The van der Waals surface area contributed by atoms with Gasteiger partial charge >= 0.3 is 5.97 Å². The zero-order valence-corrected chi connectivity index (χ0v) is 15.6. The van der Waals surface area contributed by atoms with Crippen LogP contribution < -0.4 is 5.73 Å². The summed E-state index contributed by atoms with van der Waals surface area (Å²) in [5.74, 6) is 0.761. The van der Waals surface area contributed by atoms with Crippen molar-refractivity contribution in [2.24, 2.45) is 7.05 Å². The second-order valence-electron chi connectivity index (χ2n) is 6.48. The van der Waals surface area contributed by atoms with Gasteiger partial charge in [0.05, 0.1) is 35.8 Å². The molecule has 0 bridgehead atoms. The summed E-state index contributed by atoms with van der Waals surface area (Å²) in [5, 5.41) is 4.20. The van der Waals surface area contributed by atoms with E-state index in [4.69, 9.17) is 10.5 Å². The van der Waals surface area contributed by atoms with Gasteiger partial charge in [0.2, 0.25) is 0 Å². The summed E-state index contributed by atoms with van der Waals surface area (Å²) in [6, 6.07) is 7.59. The number of anilines is 1. The first kappa shape index (κ1) is 17.7. The average Bonchev–Trinajstić information content (AvgIpc) is 3.28. The number of nitrogens with one attached hydrogen (secondary N) is 1. The van der Waals surface area contributed by atoms with Gasteiger partial charge < -0.3 is 15.5 Å². The Labute approximate surface area is 161 Å². The largest absolute Gasteiger partial charge is 0.466 e. The lowest BCUT2D eigenvalue weighted by Crippen LogP contribution is -2.07. The zero-order chi connectivity index (χ0) is 19.7. The molecule has 0 radical (unpaired) electrons. The standard InChI is InChI=1S/C20H20N6O2/c1-3-28-18(27)7-12-4-5-16-17(6-12)25-20(24-16)15-8-13(9-22-19(15)21)14-10-23-26(2)11-14/h4-6,8-11H,3,7H2,1-2H3,(H2,21,22)(H,24,25). The summed E-state index contributed by atoms with van der Waals surface area (Å²) in [6.07, 6.45) is 5.63. The van der Waals surface area contributed by atoms with Crippen LogP contribution in [0.2, 0.25) is 0 Å². The van der Waals surface area contributed by atoms with Crippen molar-refractivity contribution >= 4 is 22.8 Å². The number of rotatable bonds is 5. The number of imidazole rings is 1. The van der Waals surface area contributed by atoms with Gasteiger partial charge in [-0.1, -0.05) is 6.07 Å². The van der Waals surface area contributed by atoms with Crippen molar-refractivity contribution in [2.45, 2.75) is 13.3 Å². The number of ether oxygens (including phenoxy) is 1. The number of benzene rings is 1. The molecule has 4 aromatic rings. The highest BCUT2D eigenvalue weighted by molar-refractivity contribution is 5.84. The Balaban J connectivity index is 1.70. The Morgan fingerprint density at radius 2 is 2.11 bits per heavy atom. The van der Waals surface area contributed by atoms with Crippen LogP contribution >= 0.6 is 0 Å². The van der Waals surface area contributed by atoms with Crippen LogP contribution in [0.3, 0.4) is 0 Å². The van der Waals surface area contributed by atoms with E-state index in [2.05, 4.69) is 20.1 Å². The van der Waals surface area contributed by atoms with Crippen molar-refractivity contribution < 1.29 is 9.53 Å². The predicted octanol–water partition coefficient (Wildman–Crippen LogP) is 2.71. The van der Waals surface area contributed by atoms with E-state index in [1.165, 1.54) is 0 Å². The number of pyridine rings is 1. The second-order valence-corrected chi connectivity index (χ2v) is 6.48. The maximum atomic E-state index is 11.7. The van der Waals surface area contributed by atoms with E-state index >= 15 is 0 Å².